The van der Waals surface area contributed by atoms with Gasteiger partial charge in [-0.05, 0) is 26.0 Å². The number of aromatic nitrogens is 2. The van der Waals surface area contributed by atoms with Gasteiger partial charge in [-0.2, -0.15) is 5.10 Å². The summed E-state index contributed by atoms with van der Waals surface area (Å²) >= 11 is 0. The lowest BCUT2D eigenvalue weighted by Crippen LogP contribution is -2.59. The quantitative estimate of drug-likeness (QED) is 0.792. The number of ether oxygens (including phenoxy) is 1. The molecule has 27 heavy (non-hydrogen) atoms. The van der Waals surface area contributed by atoms with Gasteiger partial charge in [-0.15, -0.1) is 24.8 Å². The molecule has 1 N–H and O–H groups in total. The highest BCUT2D eigenvalue weighted by Crippen LogP contribution is 2.35. The van der Waals surface area contributed by atoms with Gasteiger partial charge in [-0.1, -0.05) is 19.3 Å². The lowest BCUT2D eigenvalue weighted by molar-refractivity contribution is -0.0492. The first kappa shape index (κ1) is 22.9. The molecular formula is C19H35Cl2N5O. The predicted octanol–water partition coefficient (Wildman–Crippen LogP) is 2.30. The van der Waals surface area contributed by atoms with Gasteiger partial charge in [0, 0.05) is 44.8 Å². The third-order valence-electron chi connectivity index (χ3n) is 6.18. The van der Waals surface area contributed by atoms with Crippen LogP contribution in [0.5, 0.6) is 0 Å². The first-order chi connectivity index (χ1) is 12.3. The van der Waals surface area contributed by atoms with E-state index in [4.69, 9.17) is 9.84 Å². The second-order valence-electron chi connectivity index (χ2n) is 8.08. The van der Waals surface area contributed by atoms with Crippen LogP contribution in [-0.4, -0.2) is 71.6 Å². The lowest BCUT2D eigenvalue weighted by Gasteiger charge is -2.49. The highest BCUT2D eigenvalue weighted by Gasteiger charge is 2.39. The zero-order chi connectivity index (χ0) is 17.1. The maximum atomic E-state index is 5.61. The molecule has 4 rings (SSSR count). The van der Waals surface area contributed by atoms with E-state index in [2.05, 4.69) is 32.9 Å². The maximum absolute atomic E-state index is 5.61. The zero-order valence-electron chi connectivity index (χ0n) is 16.5. The van der Waals surface area contributed by atoms with E-state index in [0.717, 1.165) is 59.0 Å². The molecule has 0 atom stereocenters. The number of likely N-dealkylation sites (N-methyl/N-ethyl adjacent to an activating group) is 1. The van der Waals surface area contributed by atoms with Crippen LogP contribution >= 0.6 is 24.8 Å². The van der Waals surface area contributed by atoms with Gasteiger partial charge in [0.15, 0.2) is 0 Å². The largest absolute Gasteiger partial charge is 0.379 e. The van der Waals surface area contributed by atoms with E-state index in [1.807, 2.05) is 0 Å². The molecule has 0 unspecified atom stereocenters. The highest BCUT2D eigenvalue weighted by molar-refractivity contribution is 5.85. The molecule has 1 aromatic heterocycles. The van der Waals surface area contributed by atoms with E-state index in [9.17, 15) is 0 Å². The Balaban J connectivity index is 0.00000131. The smallest absolute Gasteiger partial charge is 0.0768 e. The van der Waals surface area contributed by atoms with Crippen molar-refractivity contribution in [3.05, 3.63) is 17.5 Å². The molecule has 1 aliphatic carbocycles. The summed E-state index contributed by atoms with van der Waals surface area (Å²) in [4.78, 5) is 5.23. The molecule has 8 heteroatoms. The minimum Gasteiger partial charge on any atom is -0.379 e. The van der Waals surface area contributed by atoms with Crippen LogP contribution in [0.4, 0.5) is 0 Å². The third-order valence-corrected chi connectivity index (χ3v) is 6.18. The Bertz CT molecular complexity index is 547. The van der Waals surface area contributed by atoms with E-state index in [-0.39, 0.29) is 24.8 Å². The number of rotatable bonds is 5. The molecule has 0 radical (unpaired) electrons. The van der Waals surface area contributed by atoms with Gasteiger partial charge in [0.05, 0.1) is 31.1 Å². The van der Waals surface area contributed by atoms with E-state index >= 15 is 0 Å². The Hall–Kier alpha value is -0.370. The van der Waals surface area contributed by atoms with Gasteiger partial charge < -0.3 is 10.1 Å². The molecule has 0 amide bonds. The minimum atomic E-state index is 0. The summed E-state index contributed by atoms with van der Waals surface area (Å²) in [5.41, 5.74) is 2.89. The first-order valence-corrected chi connectivity index (χ1v) is 10.0. The molecule has 0 aromatic carbocycles. The minimum absolute atomic E-state index is 0. The number of hydrogen-bond acceptors (Lipinski definition) is 5. The SMILES string of the molecule is CN(Cc1cc2n(n1)CCNC2)CC1(N2CCOCC2)CCCCC1.Cl.Cl. The summed E-state index contributed by atoms with van der Waals surface area (Å²) in [6.07, 6.45) is 6.81. The van der Waals surface area contributed by atoms with Crippen LogP contribution in [0.15, 0.2) is 6.07 Å². The van der Waals surface area contributed by atoms with Crippen molar-refractivity contribution in [2.75, 3.05) is 46.4 Å². The van der Waals surface area contributed by atoms with Crippen molar-refractivity contribution in [2.45, 2.75) is 57.3 Å². The van der Waals surface area contributed by atoms with Crippen LogP contribution in [0.25, 0.3) is 0 Å². The molecule has 156 valence electrons. The first-order valence-electron chi connectivity index (χ1n) is 10.0. The van der Waals surface area contributed by atoms with Crippen molar-refractivity contribution in [3.8, 4) is 0 Å². The van der Waals surface area contributed by atoms with Crippen LogP contribution in [0, 0.1) is 0 Å². The van der Waals surface area contributed by atoms with Gasteiger partial charge in [-0.3, -0.25) is 14.5 Å². The molecule has 3 aliphatic rings. The van der Waals surface area contributed by atoms with E-state index < -0.39 is 0 Å². The van der Waals surface area contributed by atoms with Gasteiger partial charge in [0.2, 0.25) is 0 Å². The molecule has 1 aromatic rings. The molecule has 1 saturated heterocycles. The van der Waals surface area contributed by atoms with E-state index in [1.54, 1.807) is 0 Å². The van der Waals surface area contributed by atoms with Crippen molar-refractivity contribution < 1.29 is 4.74 Å². The van der Waals surface area contributed by atoms with Gasteiger partial charge in [0.25, 0.3) is 0 Å². The zero-order valence-corrected chi connectivity index (χ0v) is 18.1. The number of nitrogens with one attached hydrogen (secondary N) is 1. The van der Waals surface area contributed by atoms with E-state index in [1.165, 1.54) is 43.5 Å². The monoisotopic (exact) mass is 419 g/mol. The number of hydrogen-bond donors (Lipinski definition) is 1. The topological polar surface area (TPSA) is 45.6 Å². The fraction of sp³-hybridized carbons (Fsp3) is 0.842. The molecule has 6 nitrogen and oxygen atoms in total. The molecular weight excluding hydrogens is 385 g/mol. The average molecular weight is 420 g/mol. The fourth-order valence-corrected chi connectivity index (χ4v) is 4.99. The van der Waals surface area contributed by atoms with Gasteiger partial charge in [0.1, 0.15) is 0 Å². The average Bonchev–Trinajstić information content (AvgIpc) is 3.05. The molecule has 0 bridgehead atoms. The Morgan fingerprint density at radius 3 is 2.59 bits per heavy atom. The van der Waals surface area contributed by atoms with Crippen molar-refractivity contribution in [1.82, 2.24) is 24.9 Å². The molecule has 1 saturated carbocycles. The Labute approximate surface area is 175 Å². The summed E-state index contributed by atoms with van der Waals surface area (Å²) < 4.78 is 7.79. The summed E-state index contributed by atoms with van der Waals surface area (Å²) in [5, 5.41) is 8.25. The number of halogens is 2. The Kier molecular flexibility index (Phi) is 8.84. The van der Waals surface area contributed by atoms with Crippen molar-refractivity contribution >= 4 is 24.8 Å². The summed E-state index contributed by atoms with van der Waals surface area (Å²) in [6, 6.07) is 2.28. The molecule has 3 heterocycles. The van der Waals surface area contributed by atoms with Crippen molar-refractivity contribution in [1.29, 1.82) is 0 Å². The highest BCUT2D eigenvalue weighted by atomic mass is 35.5. The Morgan fingerprint density at radius 2 is 1.89 bits per heavy atom. The normalized spacial score (nSPS) is 22.6. The van der Waals surface area contributed by atoms with Crippen LogP contribution in [0.3, 0.4) is 0 Å². The molecule has 2 aliphatic heterocycles. The fourth-order valence-electron chi connectivity index (χ4n) is 4.99. The van der Waals surface area contributed by atoms with E-state index in [0.29, 0.717) is 5.54 Å². The Morgan fingerprint density at radius 1 is 1.15 bits per heavy atom. The standard InChI is InChI=1S/C19H33N5O.2ClH/c1-22(15-17-13-18-14-20-7-8-24(18)21-17)16-19(5-3-2-4-6-19)23-9-11-25-12-10-23;;/h13,20H,2-12,14-16H2,1H3;2*1H. The van der Waals surface area contributed by atoms with Crippen LogP contribution in [-0.2, 0) is 24.4 Å². The predicted molar refractivity (Wildman–Crippen MR) is 113 cm³/mol. The summed E-state index contributed by atoms with van der Waals surface area (Å²) in [5.74, 6) is 0. The summed E-state index contributed by atoms with van der Waals surface area (Å²) in [7, 11) is 2.27. The van der Waals surface area contributed by atoms with Crippen molar-refractivity contribution in [3.63, 3.8) is 0 Å². The second kappa shape index (κ2) is 10.4. The van der Waals surface area contributed by atoms with Gasteiger partial charge in [-0.25, -0.2) is 0 Å². The molecule has 2 fully saturated rings. The second-order valence-corrected chi connectivity index (χ2v) is 8.08. The van der Waals surface area contributed by atoms with Crippen molar-refractivity contribution in [2.24, 2.45) is 0 Å². The van der Waals surface area contributed by atoms with Crippen LogP contribution < -0.4 is 5.32 Å². The van der Waals surface area contributed by atoms with Crippen LogP contribution in [0.2, 0.25) is 0 Å². The third kappa shape index (κ3) is 5.37. The van der Waals surface area contributed by atoms with Gasteiger partial charge >= 0.3 is 0 Å². The number of nitrogens with zero attached hydrogens (tertiary/aromatic N) is 4. The number of fused-ring (bicyclic) bond motifs is 1. The lowest BCUT2D eigenvalue weighted by atomic mass is 9.79. The summed E-state index contributed by atoms with van der Waals surface area (Å²) in [6.45, 7) is 9.06. The number of morpholine rings is 1. The molecule has 0 spiro atoms. The van der Waals surface area contributed by atoms with Crippen LogP contribution in [0.1, 0.15) is 43.5 Å². The maximum Gasteiger partial charge on any atom is 0.0768 e.